The molecule has 5 nitrogen and oxygen atoms in total. The maximum atomic E-state index is 11.5. The number of aliphatic hydroxyl groups excluding tert-OH is 1. The Hall–Kier alpha value is -1.14. The lowest BCUT2D eigenvalue weighted by atomic mass is 9.95. The normalized spacial score (nSPS) is 21.2. The molecule has 2 heterocycles. The lowest BCUT2D eigenvalue weighted by molar-refractivity contribution is 0.0535. The van der Waals surface area contributed by atoms with Gasteiger partial charge in [0, 0.05) is 38.3 Å². The van der Waals surface area contributed by atoms with Crippen molar-refractivity contribution in [2.75, 3.05) is 32.7 Å². The Morgan fingerprint density at radius 3 is 2.76 bits per heavy atom. The highest BCUT2D eigenvalue weighted by Crippen LogP contribution is 2.29. The summed E-state index contributed by atoms with van der Waals surface area (Å²) in [4.78, 5) is 13.7. The number of hydrogen-bond acceptors (Lipinski definition) is 5. The van der Waals surface area contributed by atoms with Crippen molar-refractivity contribution in [3.05, 3.63) is 34.4 Å². The van der Waals surface area contributed by atoms with Crippen molar-refractivity contribution < 1.29 is 14.6 Å². The third kappa shape index (κ3) is 2.92. The highest BCUT2D eigenvalue weighted by Gasteiger charge is 2.26. The van der Waals surface area contributed by atoms with Crippen LogP contribution in [0.25, 0.3) is 0 Å². The van der Waals surface area contributed by atoms with Gasteiger partial charge in [-0.2, -0.15) is 0 Å². The van der Waals surface area contributed by atoms with Gasteiger partial charge in [0.25, 0.3) is 0 Å². The Morgan fingerprint density at radius 2 is 2.05 bits per heavy atom. The van der Waals surface area contributed by atoms with Crippen LogP contribution in [0.5, 0.6) is 0 Å². The van der Waals surface area contributed by atoms with Gasteiger partial charge in [0.2, 0.25) is 0 Å². The van der Waals surface area contributed by atoms with Crippen LogP contribution in [0.2, 0.25) is 0 Å². The Bertz CT molecular complexity index is 556. The van der Waals surface area contributed by atoms with Gasteiger partial charge in [-0.25, -0.2) is 9.21 Å². The second-order valence-electron chi connectivity index (χ2n) is 5.61. The Labute approximate surface area is 129 Å². The van der Waals surface area contributed by atoms with E-state index in [0.717, 1.165) is 42.9 Å². The molecule has 0 aromatic heterocycles. The summed E-state index contributed by atoms with van der Waals surface area (Å²) >= 11 is 5.94. The zero-order valence-corrected chi connectivity index (χ0v) is 12.8. The molecule has 2 aliphatic rings. The summed E-state index contributed by atoms with van der Waals surface area (Å²) in [6.45, 7) is 6.15. The fourth-order valence-electron chi connectivity index (χ4n) is 2.98. The summed E-state index contributed by atoms with van der Waals surface area (Å²) in [6, 6.07) is 3.59. The van der Waals surface area contributed by atoms with Crippen LogP contribution in [0.4, 0.5) is 0 Å². The second-order valence-corrected chi connectivity index (χ2v) is 6.09. The molecule has 0 unspecified atom stereocenters. The maximum absolute atomic E-state index is 11.5. The minimum Gasteiger partial charge on any atom is -0.457 e. The summed E-state index contributed by atoms with van der Waals surface area (Å²) in [6.07, 6.45) is -0.562. The van der Waals surface area contributed by atoms with Crippen molar-refractivity contribution in [2.24, 2.45) is 0 Å². The molecule has 1 aromatic rings. The number of rotatable bonds is 3. The fourth-order valence-corrected chi connectivity index (χ4v) is 3.13. The molecule has 1 aromatic carbocycles. The summed E-state index contributed by atoms with van der Waals surface area (Å²) in [5, 5.41) is 10.5. The zero-order valence-electron chi connectivity index (χ0n) is 12.0. The minimum atomic E-state index is -0.562. The quantitative estimate of drug-likeness (QED) is 0.677. The third-order valence-corrected chi connectivity index (χ3v) is 4.65. The lowest BCUT2D eigenvalue weighted by Crippen LogP contribution is -2.44. The number of cyclic esters (lactones) is 1. The second kappa shape index (κ2) is 5.93. The fraction of sp³-hybridized carbons (Fsp3) is 0.533. The molecule has 0 aliphatic carbocycles. The van der Waals surface area contributed by atoms with Gasteiger partial charge in [-0.05, 0) is 35.9 Å². The van der Waals surface area contributed by atoms with Gasteiger partial charge in [-0.1, -0.05) is 6.07 Å². The van der Waals surface area contributed by atoms with Crippen molar-refractivity contribution in [3.8, 4) is 0 Å². The van der Waals surface area contributed by atoms with Gasteiger partial charge in [0.1, 0.15) is 6.61 Å². The molecule has 3 rings (SSSR count). The van der Waals surface area contributed by atoms with E-state index in [1.54, 1.807) is 10.5 Å². The van der Waals surface area contributed by atoms with E-state index in [2.05, 4.69) is 4.90 Å². The summed E-state index contributed by atoms with van der Waals surface area (Å²) in [5.74, 6) is -0.271. The smallest absolute Gasteiger partial charge is 0.338 e. The molecule has 1 N–H and O–H groups in total. The van der Waals surface area contributed by atoms with Crippen molar-refractivity contribution >= 4 is 17.7 Å². The van der Waals surface area contributed by atoms with E-state index in [1.165, 1.54) is 0 Å². The highest BCUT2D eigenvalue weighted by atomic mass is 35.5. The van der Waals surface area contributed by atoms with E-state index in [1.807, 2.05) is 13.0 Å². The van der Waals surface area contributed by atoms with Crippen LogP contribution in [0.1, 0.15) is 33.2 Å². The molecule has 1 atom stereocenters. The molecule has 1 saturated heterocycles. The van der Waals surface area contributed by atoms with Crippen LogP contribution in [0, 0.1) is 6.92 Å². The van der Waals surface area contributed by atoms with E-state index < -0.39 is 6.10 Å². The molecule has 114 valence electrons. The number of benzene rings is 1. The van der Waals surface area contributed by atoms with Crippen LogP contribution in [0.3, 0.4) is 0 Å². The molecule has 0 bridgehead atoms. The number of β-amino-alcohol motifs (C(OH)–C–C–N with tert-alkyl or cyclic N) is 1. The largest absolute Gasteiger partial charge is 0.457 e. The summed E-state index contributed by atoms with van der Waals surface area (Å²) in [5.41, 5.74) is 3.36. The van der Waals surface area contributed by atoms with Gasteiger partial charge in [0.05, 0.1) is 11.7 Å². The molecule has 21 heavy (non-hydrogen) atoms. The third-order valence-electron chi connectivity index (χ3n) is 4.32. The van der Waals surface area contributed by atoms with Crippen LogP contribution >= 0.6 is 11.8 Å². The molecular formula is C15H19ClN2O3. The molecule has 0 radical (unpaired) electrons. The average Bonchev–Trinajstić information content (AvgIpc) is 2.84. The SMILES string of the molecule is Cc1c([C@@H](O)CN2CCN(Cl)CC2)ccc2c1COC2=O. The lowest BCUT2D eigenvalue weighted by Gasteiger charge is -2.32. The van der Waals surface area contributed by atoms with E-state index in [0.29, 0.717) is 18.7 Å². The monoisotopic (exact) mass is 310 g/mol. The van der Waals surface area contributed by atoms with E-state index in [9.17, 15) is 9.90 Å². The molecule has 0 amide bonds. The molecule has 2 aliphatic heterocycles. The predicted octanol–water partition coefficient (Wildman–Crippen LogP) is 1.47. The van der Waals surface area contributed by atoms with Gasteiger partial charge < -0.3 is 9.84 Å². The van der Waals surface area contributed by atoms with Crippen LogP contribution in [-0.2, 0) is 11.3 Å². The van der Waals surface area contributed by atoms with Gasteiger partial charge in [-0.15, -0.1) is 0 Å². The van der Waals surface area contributed by atoms with E-state index in [4.69, 9.17) is 16.5 Å². The van der Waals surface area contributed by atoms with E-state index in [-0.39, 0.29) is 5.97 Å². The number of esters is 1. The first-order valence-electron chi connectivity index (χ1n) is 7.17. The number of ether oxygens (including phenoxy) is 1. The van der Waals surface area contributed by atoms with Crippen molar-refractivity contribution in [3.63, 3.8) is 0 Å². The van der Waals surface area contributed by atoms with Crippen molar-refractivity contribution in [1.82, 2.24) is 9.32 Å². The summed E-state index contributed by atoms with van der Waals surface area (Å²) < 4.78 is 6.82. The Morgan fingerprint density at radius 1 is 1.33 bits per heavy atom. The zero-order chi connectivity index (χ0) is 15.0. The number of hydrogen-bond donors (Lipinski definition) is 1. The Balaban J connectivity index is 1.73. The number of aliphatic hydroxyl groups is 1. The van der Waals surface area contributed by atoms with Crippen molar-refractivity contribution in [1.29, 1.82) is 0 Å². The van der Waals surface area contributed by atoms with Gasteiger partial charge >= 0.3 is 5.97 Å². The van der Waals surface area contributed by atoms with Crippen molar-refractivity contribution in [2.45, 2.75) is 19.6 Å². The van der Waals surface area contributed by atoms with Crippen LogP contribution in [0.15, 0.2) is 12.1 Å². The van der Waals surface area contributed by atoms with Crippen LogP contribution < -0.4 is 0 Å². The number of halogens is 1. The summed E-state index contributed by atoms with van der Waals surface area (Å²) in [7, 11) is 0. The predicted molar refractivity (Wildman–Crippen MR) is 79.1 cm³/mol. The molecule has 1 fully saturated rings. The number of piperazine rings is 1. The number of fused-ring (bicyclic) bond motifs is 1. The maximum Gasteiger partial charge on any atom is 0.338 e. The molecule has 0 saturated carbocycles. The topological polar surface area (TPSA) is 53.0 Å². The highest BCUT2D eigenvalue weighted by molar-refractivity contribution is 6.13. The first-order chi connectivity index (χ1) is 10.1. The molecular weight excluding hydrogens is 292 g/mol. The first-order valence-corrected chi connectivity index (χ1v) is 7.50. The number of carbonyl (C=O) groups excluding carboxylic acids is 1. The van der Waals surface area contributed by atoms with Gasteiger partial charge in [-0.3, -0.25) is 4.90 Å². The average molecular weight is 311 g/mol. The van der Waals surface area contributed by atoms with Gasteiger partial charge in [0.15, 0.2) is 0 Å². The van der Waals surface area contributed by atoms with E-state index >= 15 is 0 Å². The standard InChI is InChI=1S/C15H19ClN2O3/c1-10-11(2-3-12-13(10)9-21-15(12)20)14(19)8-17-4-6-18(16)7-5-17/h2-3,14,19H,4-9H2,1H3/t14-/m0/s1. The minimum absolute atomic E-state index is 0.271. The Kier molecular flexibility index (Phi) is 4.17. The van der Waals surface area contributed by atoms with Crippen LogP contribution in [-0.4, -0.2) is 53.1 Å². The molecule has 0 spiro atoms. The number of carbonyl (C=O) groups is 1. The number of nitrogens with zero attached hydrogens (tertiary/aromatic N) is 2. The molecule has 6 heteroatoms. The first kappa shape index (κ1) is 14.8.